The van der Waals surface area contributed by atoms with Gasteiger partial charge in [0.2, 0.25) is 0 Å². The maximum absolute atomic E-state index is 5.98. The molecule has 0 radical (unpaired) electrons. The predicted octanol–water partition coefficient (Wildman–Crippen LogP) is 5.66. The van der Waals surface area contributed by atoms with Crippen LogP contribution in [0.3, 0.4) is 0 Å². The van der Waals surface area contributed by atoms with Crippen molar-refractivity contribution in [3.8, 4) is 5.75 Å². The summed E-state index contributed by atoms with van der Waals surface area (Å²) in [4.78, 5) is 0.467. The van der Waals surface area contributed by atoms with E-state index in [4.69, 9.17) is 4.74 Å². The first kappa shape index (κ1) is 14.4. The van der Waals surface area contributed by atoms with Crippen LogP contribution < -0.4 is 4.74 Å². The van der Waals surface area contributed by atoms with Crippen LogP contribution in [0.4, 0.5) is 0 Å². The van der Waals surface area contributed by atoms with Gasteiger partial charge >= 0.3 is 0 Å². The summed E-state index contributed by atoms with van der Waals surface area (Å²) in [6.45, 7) is 9.16. The molecule has 0 spiro atoms. The van der Waals surface area contributed by atoms with Gasteiger partial charge in [-0.25, -0.2) is 0 Å². The smallest absolute Gasteiger partial charge is 0.123 e. The largest absolute Gasteiger partial charge is 0.487 e. The molecule has 1 saturated carbocycles. The van der Waals surface area contributed by atoms with E-state index in [1.165, 1.54) is 30.4 Å². The van der Waals surface area contributed by atoms with E-state index in [1.54, 1.807) is 0 Å². The van der Waals surface area contributed by atoms with Gasteiger partial charge in [-0.1, -0.05) is 48.3 Å². The Bertz CT molecular complexity index is 518. The third-order valence-corrected chi connectivity index (χ3v) is 6.27. The highest BCUT2D eigenvalue weighted by atomic mass is 79.9. The molecule has 0 N–H and O–H groups in total. The molecular formula is C18H25BrO. The first-order valence-electron chi connectivity index (χ1n) is 7.74. The zero-order valence-corrected chi connectivity index (χ0v) is 14.6. The summed E-state index contributed by atoms with van der Waals surface area (Å²) in [6, 6.07) is 6.77. The summed E-state index contributed by atoms with van der Waals surface area (Å²) >= 11 is 3.98. The molecule has 0 aromatic heterocycles. The summed E-state index contributed by atoms with van der Waals surface area (Å²) in [5, 5.41) is 0. The molecule has 0 bridgehead atoms. The molecule has 0 saturated heterocycles. The average Bonchev–Trinajstić information content (AvgIpc) is 2.84. The first-order valence-corrected chi connectivity index (χ1v) is 8.66. The van der Waals surface area contributed by atoms with E-state index in [-0.39, 0.29) is 5.60 Å². The monoisotopic (exact) mass is 336 g/mol. The molecule has 110 valence electrons. The fraction of sp³-hybridized carbons (Fsp3) is 0.667. The van der Waals surface area contributed by atoms with Gasteiger partial charge in [0, 0.05) is 11.2 Å². The molecule has 1 aromatic carbocycles. The zero-order chi connectivity index (χ0) is 14.5. The molecule has 2 unspecified atom stereocenters. The molecule has 2 aliphatic rings. The lowest BCUT2D eigenvalue weighted by molar-refractivity contribution is 0.138. The lowest BCUT2D eigenvalue weighted by atomic mass is 9.78. The maximum atomic E-state index is 5.98. The number of rotatable bonds is 2. The molecule has 0 amide bonds. The van der Waals surface area contributed by atoms with Crippen LogP contribution >= 0.6 is 15.9 Å². The molecule has 20 heavy (non-hydrogen) atoms. The van der Waals surface area contributed by atoms with Crippen LogP contribution in [-0.2, 0) is 6.42 Å². The number of ether oxygens (including phenoxy) is 1. The lowest BCUT2D eigenvalue weighted by Gasteiger charge is -2.31. The van der Waals surface area contributed by atoms with Gasteiger partial charge in [0.05, 0.1) is 0 Å². The van der Waals surface area contributed by atoms with Crippen molar-refractivity contribution in [3.63, 3.8) is 0 Å². The van der Waals surface area contributed by atoms with Crippen molar-refractivity contribution in [1.82, 2.24) is 0 Å². The topological polar surface area (TPSA) is 9.23 Å². The number of alkyl halides is 1. The van der Waals surface area contributed by atoms with E-state index in [0.29, 0.717) is 10.2 Å². The third kappa shape index (κ3) is 2.52. The Hall–Kier alpha value is -0.500. The van der Waals surface area contributed by atoms with Crippen molar-refractivity contribution in [1.29, 1.82) is 0 Å². The second-order valence-electron chi connectivity index (χ2n) is 7.79. The predicted molar refractivity (Wildman–Crippen MR) is 87.6 cm³/mol. The van der Waals surface area contributed by atoms with E-state index in [2.05, 4.69) is 61.8 Å². The Balaban J connectivity index is 1.86. The van der Waals surface area contributed by atoms with Gasteiger partial charge in [0.25, 0.3) is 0 Å². The highest BCUT2D eigenvalue weighted by Gasteiger charge is 2.39. The average molecular weight is 337 g/mol. The number of benzene rings is 1. The van der Waals surface area contributed by atoms with Crippen LogP contribution in [0.2, 0.25) is 0 Å². The Labute approximate surface area is 131 Å². The molecule has 2 heteroatoms. The molecule has 2 atom stereocenters. The normalized spacial score (nSPS) is 27.9. The van der Waals surface area contributed by atoms with Crippen molar-refractivity contribution in [2.75, 3.05) is 0 Å². The summed E-state index contributed by atoms with van der Waals surface area (Å²) < 4.78 is 5.98. The highest BCUT2D eigenvalue weighted by molar-refractivity contribution is 9.09. The van der Waals surface area contributed by atoms with Crippen LogP contribution in [0.5, 0.6) is 5.75 Å². The van der Waals surface area contributed by atoms with Gasteiger partial charge in [-0.05, 0) is 55.2 Å². The van der Waals surface area contributed by atoms with E-state index in [0.717, 1.165) is 18.1 Å². The molecule has 1 aromatic rings. The Morgan fingerprint density at radius 1 is 1.25 bits per heavy atom. The molecular weight excluding hydrogens is 312 g/mol. The number of halogens is 1. The zero-order valence-electron chi connectivity index (χ0n) is 13.0. The van der Waals surface area contributed by atoms with Crippen molar-refractivity contribution < 1.29 is 4.74 Å². The van der Waals surface area contributed by atoms with Gasteiger partial charge in [-0.2, -0.15) is 0 Å². The number of hydrogen-bond donors (Lipinski definition) is 0. The van der Waals surface area contributed by atoms with Crippen molar-refractivity contribution in [2.24, 2.45) is 11.3 Å². The van der Waals surface area contributed by atoms with Crippen LogP contribution in [-0.4, -0.2) is 5.60 Å². The quantitative estimate of drug-likeness (QED) is 0.633. The lowest BCUT2D eigenvalue weighted by Crippen LogP contribution is -2.24. The highest BCUT2D eigenvalue weighted by Crippen LogP contribution is 2.52. The van der Waals surface area contributed by atoms with E-state index in [1.807, 2.05) is 0 Å². The van der Waals surface area contributed by atoms with Crippen molar-refractivity contribution >= 4 is 15.9 Å². The fourth-order valence-electron chi connectivity index (χ4n) is 3.93. The van der Waals surface area contributed by atoms with Gasteiger partial charge in [-0.15, -0.1) is 0 Å². The first-order chi connectivity index (χ1) is 9.28. The molecule has 3 rings (SSSR count). The standard InChI is InChI=1S/C18H25BrO/c1-17(2)9-5-6-14(17)16(19)12-7-8-15-13(10-12)11-18(3,4)20-15/h7-8,10,14,16H,5-6,9,11H2,1-4H3. The molecule has 1 heterocycles. The Morgan fingerprint density at radius 3 is 2.65 bits per heavy atom. The van der Waals surface area contributed by atoms with E-state index < -0.39 is 0 Å². The third-order valence-electron chi connectivity index (χ3n) is 5.10. The van der Waals surface area contributed by atoms with Gasteiger partial charge < -0.3 is 4.74 Å². The minimum atomic E-state index is -0.0462. The van der Waals surface area contributed by atoms with Crippen molar-refractivity contribution in [3.05, 3.63) is 29.3 Å². The fourth-order valence-corrected chi connectivity index (χ4v) is 5.19. The van der Waals surface area contributed by atoms with Gasteiger partial charge in [0.1, 0.15) is 11.4 Å². The summed E-state index contributed by atoms with van der Waals surface area (Å²) in [5.41, 5.74) is 3.19. The summed E-state index contributed by atoms with van der Waals surface area (Å²) in [5.74, 6) is 1.81. The molecule has 1 aliphatic carbocycles. The second-order valence-corrected chi connectivity index (χ2v) is 8.78. The number of hydrogen-bond acceptors (Lipinski definition) is 1. The molecule has 1 aliphatic heterocycles. The molecule has 1 fully saturated rings. The van der Waals surface area contributed by atoms with Crippen LogP contribution in [0, 0.1) is 11.3 Å². The summed E-state index contributed by atoms with van der Waals surface area (Å²) in [7, 11) is 0. The summed E-state index contributed by atoms with van der Waals surface area (Å²) in [6.07, 6.45) is 5.06. The molecule has 1 nitrogen and oxygen atoms in total. The van der Waals surface area contributed by atoms with E-state index in [9.17, 15) is 0 Å². The van der Waals surface area contributed by atoms with Crippen LogP contribution in [0.15, 0.2) is 18.2 Å². The van der Waals surface area contributed by atoms with Gasteiger partial charge in [-0.3, -0.25) is 0 Å². The minimum Gasteiger partial charge on any atom is -0.487 e. The minimum absolute atomic E-state index is 0.0462. The number of fused-ring (bicyclic) bond motifs is 1. The van der Waals surface area contributed by atoms with Crippen LogP contribution in [0.1, 0.15) is 62.9 Å². The Morgan fingerprint density at radius 2 is 2.00 bits per heavy atom. The SMILES string of the molecule is CC1(C)Cc2cc(C(Br)C3CCCC3(C)C)ccc2O1. The van der Waals surface area contributed by atoms with E-state index >= 15 is 0 Å². The maximum Gasteiger partial charge on any atom is 0.123 e. The van der Waals surface area contributed by atoms with Crippen LogP contribution in [0.25, 0.3) is 0 Å². The second kappa shape index (κ2) is 4.76. The van der Waals surface area contributed by atoms with Gasteiger partial charge in [0.15, 0.2) is 0 Å². The Kier molecular flexibility index (Phi) is 3.44. The van der Waals surface area contributed by atoms with Crippen molar-refractivity contribution in [2.45, 2.75) is 63.8 Å².